The van der Waals surface area contributed by atoms with Crippen LogP contribution in [0.5, 0.6) is 0 Å². The first-order valence-electron chi connectivity index (χ1n) is 2.44. The van der Waals surface area contributed by atoms with Crippen LogP contribution in [0.25, 0.3) is 0 Å². The van der Waals surface area contributed by atoms with E-state index in [0.717, 1.165) is 12.0 Å². The van der Waals surface area contributed by atoms with Gasteiger partial charge in [0.1, 0.15) is 0 Å². The Morgan fingerprint density at radius 1 is 1.88 bits per heavy atom. The van der Waals surface area contributed by atoms with Gasteiger partial charge in [-0.2, -0.15) is 5.26 Å². The van der Waals surface area contributed by atoms with Crippen molar-refractivity contribution in [2.75, 3.05) is 5.88 Å². The molecule has 0 amide bonds. The number of hydrogen-bond donors (Lipinski definition) is 0. The molecule has 0 bridgehead atoms. The van der Waals surface area contributed by atoms with E-state index in [4.69, 9.17) is 16.9 Å². The summed E-state index contributed by atoms with van der Waals surface area (Å²) < 4.78 is 0. The Hall–Kier alpha value is -0.480. The summed E-state index contributed by atoms with van der Waals surface area (Å²) in [6.45, 7) is 1.77. The molecule has 0 atom stereocenters. The number of rotatable bonds is 2. The number of hydrogen-bond acceptors (Lipinski definition) is 1. The van der Waals surface area contributed by atoms with Crippen molar-refractivity contribution in [1.82, 2.24) is 0 Å². The number of nitrogens with zero attached hydrogens (tertiary/aromatic N) is 1. The maximum atomic E-state index is 8.20. The smallest absolute Gasteiger partial charge is 0.0940 e. The summed E-state index contributed by atoms with van der Waals surface area (Å²) in [6, 6.07) is 2.00. The summed E-state index contributed by atoms with van der Waals surface area (Å²) in [4.78, 5) is 0. The fourth-order valence-electron chi connectivity index (χ4n) is 0.317. The van der Waals surface area contributed by atoms with Crippen molar-refractivity contribution in [3.63, 3.8) is 0 Å². The summed E-state index contributed by atoms with van der Waals surface area (Å²) in [7, 11) is 0. The Labute approximate surface area is 54.6 Å². The normalized spacial score (nSPS) is 10.9. The molecule has 0 aromatic carbocycles. The van der Waals surface area contributed by atoms with Gasteiger partial charge in [0, 0.05) is 11.5 Å². The maximum absolute atomic E-state index is 8.20. The van der Waals surface area contributed by atoms with Gasteiger partial charge in [-0.15, -0.1) is 11.6 Å². The van der Waals surface area contributed by atoms with Crippen LogP contribution < -0.4 is 0 Å². The van der Waals surface area contributed by atoms with Crippen molar-refractivity contribution in [2.24, 2.45) is 0 Å². The van der Waals surface area contributed by atoms with E-state index in [-0.39, 0.29) is 0 Å². The Morgan fingerprint density at radius 2 is 2.50 bits per heavy atom. The van der Waals surface area contributed by atoms with Gasteiger partial charge in [0.15, 0.2) is 0 Å². The van der Waals surface area contributed by atoms with Crippen molar-refractivity contribution in [3.8, 4) is 6.07 Å². The molecular formula is C6H8ClN. The molecule has 0 aromatic rings. The average molecular weight is 130 g/mol. The van der Waals surface area contributed by atoms with Crippen molar-refractivity contribution in [1.29, 1.82) is 5.26 Å². The second-order valence-corrected chi connectivity index (χ2v) is 1.85. The topological polar surface area (TPSA) is 23.8 Å². The Kier molecular flexibility index (Phi) is 4.39. The number of alkyl halides is 1. The second kappa shape index (κ2) is 4.67. The molecule has 44 valence electrons. The van der Waals surface area contributed by atoms with Crippen molar-refractivity contribution in [3.05, 3.63) is 11.6 Å². The van der Waals surface area contributed by atoms with E-state index in [1.807, 2.05) is 12.1 Å². The molecule has 8 heavy (non-hydrogen) atoms. The highest BCUT2D eigenvalue weighted by atomic mass is 35.5. The molecule has 0 N–H and O–H groups in total. The lowest BCUT2D eigenvalue weighted by atomic mass is 10.3. The minimum Gasteiger partial charge on any atom is -0.193 e. The highest BCUT2D eigenvalue weighted by molar-refractivity contribution is 6.17. The van der Waals surface area contributed by atoms with Crippen LogP contribution in [0, 0.1) is 11.3 Å². The third-order valence-corrected chi connectivity index (χ3v) is 0.954. The molecule has 0 unspecified atom stereocenters. The Balaban J connectivity index is 3.46. The van der Waals surface area contributed by atoms with Gasteiger partial charge in [-0.05, 0) is 13.3 Å². The minimum absolute atomic E-state index is 0.596. The predicted octanol–water partition coefficient (Wildman–Crippen LogP) is 2.09. The molecule has 0 saturated carbocycles. The molecule has 2 heteroatoms. The standard InChI is InChI=1S/C6H8ClN/c1-6(5-8)3-2-4-7/h3H,2,4H2,1H3/b6-3-. The average Bonchev–Trinajstić information content (AvgIpc) is 1.83. The number of nitriles is 1. The number of allylic oxidation sites excluding steroid dienone is 2. The van der Waals surface area contributed by atoms with Crippen molar-refractivity contribution < 1.29 is 0 Å². The highest BCUT2D eigenvalue weighted by Crippen LogP contribution is 1.93. The Morgan fingerprint density at radius 3 is 2.88 bits per heavy atom. The molecule has 0 aliphatic rings. The molecular weight excluding hydrogens is 122 g/mol. The van der Waals surface area contributed by atoms with E-state index in [1.165, 1.54) is 0 Å². The zero-order valence-corrected chi connectivity index (χ0v) is 5.57. The van der Waals surface area contributed by atoms with Crippen molar-refractivity contribution >= 4 is 11.6 Å². The molecule has 0 fully saturated rings. The molecule has 0 spiro atoms. The van der Waals surface area contributed by atoms with Crippen LogP contribution in [0.2, 0.25) is 0 Å². The number of halogens is 1. The van der Waals surface area contributed by atoms with Crippen LogP contribution >= 0.6 is 11.6 Å². The molecule has 0 radical (unpaired) electrons. The molecule has 1 nitrogen and oxygen atoms in total. The van der Waals surface area contributed by atoms with E-state index >= 15 is 0 Å². The molecule has 0 rings (SSSR count). The van der Waals surface area contributed by atoms with Crippen LogP contribution in [0.1, 0.15) is 13.3 Å². The summed E-state index contributed by atoms with van der Waals surface area (Å²) in [5, 5.41) is 8.20. The minimum atomic E-state index is 0.596. The lowest BCUT2D eigenvalue weighted by molar-refractivity contribution is 1.21. The first-order chi connectivity index (χ1) is 3.81. The van der Waals surface area contributed by atoms with Gasteiger partial charge in [0.2, 0.25) is 0 Å². The fourth-order valence-corrected chi connectivity index (χ4v) is 0.426. The molecule has 0 aliphatic carbocycles. The van der Waals surface area contributed by atoms with Crippen LogP contribution in [-0.4, -0.2) is 5.88 Å². The molecule has 0 saturated heterocycles. The predicted molar refractivity (Wildman–Crippen MR) is 34.7 cm³/mol. The van der Waals surface area contributed by atoms with E-state index in [2.05, 4.69) is 0 Å². The van der Waals surface area contributed by atoms with Gasteiger partial charge in [-0.3, -0.25) is 0 Å². The summed E-state index contributed by atoms with van der Waals surface area (Å²) in [6.07, 6.45) is 2.62. The maximum Gasteiger partial charge on any atom is 0.0940 e. The molecule has 0 aromatic heterocycles. The fraction of sp³-hybridized carbons (Fsp3) is 0.500. The Bertz CT molecular complexity index is 121. The summed E-state index contributed by atoms with van der Waals surface area (Å²) >= 11 is 5.35. The monoisotopic (exact) mass is 129 g/mol. The van der Waals surface area contributed by atoms with Crippen molar-refractivity contribution in [2.45, 2.75) is 13.3 Å². The van der Waals surface area contributed by atoms with Gasteiger partial charge in [-0.1, -0.05) is 6.08 Å². The van der Waals surface area contributed by atoms with E-state index in [1.54, 1.807) is 6.92 Å². The zero-order valence-electron chi connectivity index (χ0n) is 4.82. The first-order valence-corrected chi connectivity index (χ1v) is 2.97. The van der Waals surface area contributed by atoms with Gasteiger partial charge in [0.25, 0.3) is 0 Å². The molecule has 0 aliphatic heterocycles. The SMILES string of the molecule is C/C(C#N)=C/CCCl. The van der Waals surface area contributed by atoms with E-state index in [0.29, 0.717) is 5.88 Å². The van der Waals surface area contributed by atoms with Crippen LogP contribution in [0.15, 0.2) is 11.6 Å². The zero-order chi connectivity index (χ0) is 6.41. The molecule has 0 heterocycles. The largest absolute Gasteiger partial charge is 0.193 e. The van der Waals surface area contributed by atoms with Gasteiger partial charge in [0.05, 0.1) is 6.07 Å². The summed E-state index contributed by atoms with van der Waals surface area (Å²) in [5.74, 6) is 0.596. The third-order valence-electron chi connectivity index (χ3n) is 0.736. The third kappa shape index (κ3) is 3.70. The van der Waals surface area contributed by atoms with Crippen LogP contribution in [0.3, 0.4) is 0 Å². The van der Waals surface area contributed by atoms with E-state index in [9.17, 15) is 0 Å². The highest BCUT2D eigenvalue weighted by Gasteiger charge is 1.80. The lowest BCUT2D eigenvalue weighted by Gasteiger charge is -1.81. The van der Waals surface area contributed by atoms with Gasteiger partial charge in [-0.25, -0.2) is 0 Å². The summed E-state index contributed by atoms with van der Waals surface area (Å²) in [5.41, 5.74) is 0.741. The lowest BCUT2D eigenvalue weighted by Crippen LogP contribution is -1.70. The van der Waals surface area contributed by atoms with Crippen LogP contribution in [-0.2, 0) is 0 Å². The van der Waals surface area contributed by atoms with E-state index < -0.39 is 0 Å². The van der Waals surface area contributed by atoms with Crippen LogP contribution in [0.4, 0.5) is 0 Å². The van der Waals surface area contributed by atoms with Gasteiger partial charge >= 0.3 is 0 Å². The quantitative estimate of drug-likeness (QED) is 0.414. The second-order valence-electron chi connectivity index (χ2n) is 1.48. The van der Waals surface area contributed by atoms with Gasteiger partial charge < -0.3 is 0 Å². The first kappa shape index (κ1) is 7.52.